The Morgan fingerprint density at radius 1 is 1.60 bits per heavy atom. The van der Waals surface area contributed by atoms with Crippen LogP contribution in [-0.2, 0) is 9.53 Å². The molecule has 1 saturated heterocycles. The van der Waals surface area contributed by atoms with Gasteiger partial charge in [0.05, 0.1) is 6.61 Å². The van der Waals surface area contributed by atoms with Crippen LogP contribution in [0.1, 0.15) is 27.2 Å². The van der Waals surface area contributed by atoms with Gasteiger partial charge in [0.25, 0.3) is 5.91 Å². The van der Waals surface area contributed by atoms with Gasteiger partial charge in [-0.15, -0.1) is 0 Å². The third-order valence-electron chi connectivity index (χ3n) is 3.09. The lowest BCUT2D eigenvalue weighted by atomic mass is 10.0. The van der Waals surface area contributed by atoms with Crippen LogP contribution in [0.25, 0.3) is 0 Å². The fourth-order valence-corrected chi connectivity index (χ4v) is 1.55. The molecule has 88 valence electrons. The first-order chi connectivity index (χ1) is 7.15. The van der Waals surface area contributed by atoms with Gasteiger partial charge < -0.3 is 15.4 Å². The molecule has 4 nitrogen and oxygen atoms in total. The van der Waals surface area contributed by atoms with E-state index in [1.54, 1.807) is 0 Å². The van der Waals surface area contributed by atoms with Crippen molar-refractivity contribution >= 4 is 5.91 Å². The maximum absolute atomic E-state index is 11.8. The summed E-state index contributed by atoms with van der Waals surface area (Å²) in [7, 11) is 0. The highest BCUT2D eigenvalue weighted by Crippen LogP contribution is 2.07. The third kappa shape index (κ3) is 3.80. The highest BCUT2D eigenvalue weighted by Gasteiger charge is 2.23. The van der Waals surface area contributed by atoms with E-state index in [2.05, 4.69) is 24.5 Å². The smallest absolute Gasteiger partial charge is 0.250 e. The summed E-state index contributed by atoms with van der Waals surface area (Å²) >= 11 is 0. The predicted octanol–water partition coefficient (Wildman–Crippen LogP) is 0.526. The van der Waals surface area contributed by atoms with Gasteiger partial charge in [-0.1, -0.05) is 20.3 Å². The lowest BCUT2D eigenvalue weighted by Gasteiger charge is -2.26. The normalized spacial score (nSPS) is 25.7. The molecule has 4 heteroatoms. The number of amides is 1. The maximum Gasteiger partial charge on any atom is 0.250 e. The van der Waals surface area contributed by atoms with E-state index in [9.17, 15) is 4.79 Å². The molecule has 15 heavy (non-hydrogen) atoms. The van der Waals surface area contributed by atoms with Gasteiger partial charge in [-0.05, 0) is 12.8 Å². The molecule has 0 aliphatic carbocycles. The first-order valence-electron chi connectivity index (χ1n) is 5.77. The standard InChI is InChI=1S/C11H22N2O2/c1-4-8(2)9(3)13-11(14)10-7-12-5-6-15-10/h8-10,12H,4-7H2,1-3H3,(H,13,14). The Morgan fingerprint density at radius 3 is 2.87 bits per heavy atom. The molecule has 0 bridgehead atoms. The summed E-state index contributed by atoms with van der Waals surface area (Å²) in [6.45, 7) is 8.40. The summed E-state index contributed by atoms with van der Waals surface area (Å²) in [6.07, 6.45) is 0.760. The van der Waals surface area contributed by atoms with Crippen LogP contribution >= 0.6 is 0 Å². The van der Waals surface area contributed by atoms with Crippen molar-refractivity contribution in [3.63, 3.8) is 0 Å². The topological polar surface area (TPSA) is 50.4 Å². The Labute approximate surface area is 91.8 Å². The molecule has 2 N–H and O–H groups in total. The van der Waals surface area contributed by atoms with E-state index in [0.29, 0.717) is 19.1 Å². The molecule has 0 saturated carbocycles. The Balaban J connectivity index is 2.33. The van der Waals surface area contributed by atoms with Gasteiger partial charge in [-0.3, -0.25) is 4.79 Å². The van der Waals surface area contributed by atoms with E-state index < -0.39 is 0 Å². The summed E-state index contributed by atoms with van der Waals surface area (Å²) in [5, 5.41) is 6.14. The summed E-state index contributed by atoms with van der Waals surface area (Å²) in [6, 6.07) is 0.216. The number of hydrogen-bond donors (Lipinski definition) is 2. The molecule has 0 radical (unpaired) electrons. The van der Waals surface area contributed by atoms with E-state index in [1.807, 2.05) is 6.92 Å². The van der Waals surface area contributed by atoms with Gasteiger partial charge >= 0.3 is 0 Å². The van der Waals surface area contributed by atoms with Crippen LogP contribution in [-0.4, -0.2) is 37.7 Å². The minimum absolute atomic E-state index is 0.00926. The molecule has 1 amide bonds. The lowest BCUT2D eigenvalue weighted by Crippen LogP contribution is -2.50. The van der Waals surface area contributed by atoms with E-state index in [-0.39, 0.29) is 18.1 Å². The van der Waals surface area contributed by atoms with Crippen molar-refractivity contribution in [1.82, 2.24) is 10.6 Å². The molecule has 1 fully saturated rings. The zero-order valence-corrected chi connectivity index (χ0v) is 9.88. The average Bonchev–Trinajstić information content (AvgIpc) is 2.29. The van der Waals surface area contributed by atoms with Crippen molar-refractivity contribution in [3.8, 4) is 0 Å². The van der Waals surface area contributed by atoms with Gasteiger partial charge in [0.15, 0.2) is 0 Å². The van der Waals surface area contributed by atoms with Gasteiger partial charge in [0.2, 0.25) is 0 Å². The second kappa shape index (κ2) is 6.08. The van der Waals surface area contributed by atoms with Crippen molar-refractivity contribution in [3.05, 3.63) is 0 Å². The highest BCUT2D eigenvalue weighted by atomic mass is 16.5. The van der Waals surface area contributed by atoms with E-state index in [4.69, 9.17) is 4.74 Å². The van der Waals surface area contributed by atoms with Crippen molar-refractivity contribution in [1.29, 1.82) is 0 Å². The molecule has 1 aliphatic heterocycles. The van der Waals surface area contributed by atoms with Crippen LogP contribution in [0.3, 0.4) is 0 Å². The van der Waals surface area contributed by atoms with E-state index in [1.165, 1.54) is 0 Å². The second-order valence-electron chi connectivity index (χ2n) is 4.25. The van der Waals surface area contributed by atoms with Crippen LogP contribution < -0.4 is 10.6 Å². The fourth-order valence-electron chi connectivity index (χ4n) is 1.55. The average molecular weight is 214 g/mol. The molecule has 0 aromatic heterocycles. The first-order valence-corrected chi connectivity index (χ1v) is 5.77. The number of rotatable bonds is 4. The molecule has 3 unspecified atom stereocenters. The molecule has 3 atom stereocenters. The van der Waals surface area contributed by atoms with E-state index >= 15 is 0 Å². The zero-order valence-electron chi connectivity index (χ0n) is 9.88. The number of nitrogens with one attached hydrogen (secondary N) is 2. The van der Waals surface area contributed by atoms with Crippen LogP contribution in [0.4, 0.5) is 0 Å². The summed E-state index contributed by atoms with van der Waals surface area (Å²) < 4.78 is 5.38. The maximum atomic E-state index is 11.8. The van der Waals surface area contributed by atoms with Gasteiger partial charge in [-0.25, -0.2) is 0 Å². The minimum Gasteiger partial charge on any atom is -0.366 e. The Hall–Kier alpha value is -0.610. The lowest BCUT2D eigenvalue weighted by molar-refractivity contribution is -0.135. The summed E-state index contributed by atoms with van der Waals surface area (Å²) in [5.74, 6) is 0.514. The number of carbonyl (C=O) groups is 1. The first kappa shape index (κ1) is 12.5. The molecule has 0 aromatic rings. The quantitative estimate of drug-likeness (QED) is 0.717. The van der Waals surface area contributed by atoms with Crippen molar-refractivity contribution in [2.24, 2.45) is 5.92 Å². The molecular weight excluding hydrogens is 192 g/mol. The van der Waals surface area contributed by atoms with Crippen LogP contribution in [0.5, 0.6) is 0 Å². The third-order valence-corrected chi connectivity index (χ3v) is 3.09. The Morgan fingerprint density at radius 2 is 2.33 bits per heavy atom. The zero-order chi connectivity index (χ0) is 11.3. The predicted molar refractivity (Wildman–Crippen MR) is 59.7 cm³/mol. The van der Waals surface area contributed by atoms with Gasteiger partial charge in [-0.2, -0.15) is 0 Å². The van der Waals surface area contributed by atoms with Crippen LogP contribution in [0.15, 0.2) is 0 Å². The monoisotopic (exact) mass is 214 g/mol. The molecular formula is C11H22N2O2. The van der Waals surface area contributed by atoms with E-state index in [0.717, 1.165) is 13.0 Å². The van der Waals surface area contributed by atoms with Crippen molar-refractivity contribution in [2.75, 3.05) is 19.7 Å². The van der Waals surface area contributed by atoms with Gasteiger partial charge in [0.1, 0.15) is 6.10 Å². The second-order valence-corrected chi connectivity index (χ2v) is 4.25. The Bertz CT molecular complexity index is 203. The number of morpholine rings is 1. The SMILES string of the molecule is CCC(C)C(C)NC(=O)C1CNCCO1. The largest absolute Gasteiger partial charge is 0.366 e. The highest BCUT2D eigenvalue weighted by molar-refractivity contribution is 5.81. The molecule has 0 aromatic carbocycles. The fraction of sp³-hybridized carbons (Fsp3) is 0.909. The van der Waals surface area contributed by atoms with Crippen molar-refractivity contribution < 1.29 is 9.53 Å². The van der Waals surface area contributed by atoms with Crippen LogP contribution in [0, 0.1) is 5.92 Å². The Kier molecular flexibility index (Phi) is 5.05. The molecule has 0 spiro atoms. The number of hydrogen-bond acceptors (Lipinski definition) is 3. The van der Waals surface area contributed by atoms with Gasteiger partial charge in [0, 0.05) is 19.1 Å². The van der Waals surface area contributed by atoms with Crippen molar-refractivity contribution in [2.45, 2.75) is 39.3 Å². The summed E-state index contributed by atoms with van der Waals surface area (Å²) in [4.78, 5) is 11.8. The minimum atomic E-state index is -0.315. The molecule has 1 heterocycles. The molecule has 1 aliphatic rings. The number of ether oxygens (including phenoxy) is 1. The summed E-state index contributed by atoms with van der Waals surface area (Å²) in [5.41, 5.74) is 0. The van der Waals surface area contributed by atoms with Crippen LogP contribution in [0.2, 0.25) is 0 Å². The molecule has 1 rings (SSSR count). The number of carbonyl (C=O) groups excluding carboxylic acids is 1.